The lowest BCUT2D eigenvalue weighted by Gasteiger charge is -2.37. The number of rotatable bonds is 2. The van der Waals surface area contributed by atoms with Crippen molar-refractivity contribution in [3.63, 3.8) is 0 Å². The molecule has 2 atom stereocenters. The average Bonchev–Trinajstić information content (AvgIpc) is 2.46. The summed E-state index contributed by atoms with van der Waals surface area (Å²) in [4.78, 5) is 25.2. The molecule has 2 rings (SSSR count). The Bertz CT molecular complexity index is 501. The second-order valence-electron chi connectivity index (χ2n) is 7.04. The van der Waals surface area contributed by atoms with Crippen LogP contribution in [-0.4, -0.2) is 40.8 Å². The number of ether oxygens (including phenoxy) is 1. The van der Waals surface area contributed by atoms with E-state index in [4.69, 9.17) is 4.74 Å². The van der Waals surface area contributed by atoms with E-state index in [2.05, 4.69) is 18.2 Å². The summed E-state index contributed by atoms with van der Waals surface area (Å²) in [5.74, 6) is -1.32. The lowest BCUT2D eigenvalue weighted by Crippen LogP contribution is -2.48. The number of carbonyl (C=O) groups is 2. The van der Waals surface area contributed by atoms with Gasteiger partial charge in [0.15, 0.2) is 0 Å². The summed E-state index contributed by atoms with van der Waals surface area (Å²) in [7, 11) is 0. The number of nitrogens with zero attached hydrogens (tertiary/aromatic N) is 1. The number of hydrogen-bond acceptors (Lipinski definition) is 3. The van der Waals surface area contributed by atoms with E-state index < -0.39 is 23.6 Å². The van der Waals surface area contributed by atoms with E-state index in [-0.39, 0.29) is 12.5 Å². The molecule has 1 aliphatic carbocycles. The van der Waals surface area contributed by atoms with Crippen molar-refractivity contribution in [3.8, 4) is 0 Å². The van der Waals surface area contributed by atoms with Gasteiger partial charge in [-0.15, -0.1) is 0 Å². The Morgan fingerprint density at radius 3 is 2.55 bits per heavy atom. The summed E-state index contributed by atoms with van der Waals surface area (Å²) in [6.07, 6.45) is 8.47. The fourth-order valence-corrected chi connectivity index (χ4v) is 2.93. The van der Waals surface area contributed by atoms with Crippen LogP contribution in [0.1, 0.15) is 40.0 Å². The van der Waals surface area contributed by atoms with Gasteiger partial charge < -0.3 is 14.7 Å². The topological polar surface area (TPSA) is 66.8 Å². The van der Waals surface area contributed by atoms with Crippen molar-refractivity contribution in [2.45, 2.75) is 45.6 Å². The summed E-state index contributed by atoms with van der Waals surface area (Å²) in [6, 6.07) is 0. The molecule has 1 fully saturated rings. The predicted molar refractivity (Wildman–Crippen MR) is 83.5 cm³/mol. The lowest BCUT2D eigenvalue weighted by molar-refractivity contribution is -0.143. The van der Waals surface area contributed by atoms with E-state index in [1.807, 2.05) is 20.8 Å². The largest absolute Gasteiger partial charge is 0.481 e. The van der Waals surface area contributed by atoms with Crippen molar-refractivity contribution < 1.29 is 19.4 Å². The molecule has 0 radical (unpaired) electrons. The number of allylic oxidation sites excluding steroid dienone is 3. The van der Waals surface area contributed by atoms with Crippen LogP contribution in [0.15, 0.2) is 23.8 Å². The van der Waals surface area contributed by atoms with Gasteiger partial charge in [0.2, 0.25) is 0 Å². The van der Waals surface area contributed by atoms with Crippen molar-refractivity contribution in [1.29, 1.82) is 0 Å². The monoisotopic (exact) mass is 307 g/mol. The van der Waals surface area contributed by atoms with Crippen LogP contribution in [0.4, 0.5) is 4.79 Å². The van der Waals surface area contributed by atoms with Crippen molar-refractivity contribution in [1.82, 2.24) is 4.90 Å². The highest BCUT2D eigenvalue weighted by Gasteiger charge is 2.36. The Kier molecular flexibility index (Phi) is 4.94. The molecule has 1 N–H and O–H groups in total. The van der Waals surface area contributed by atoms with Crippen molar-refractivity contribution >= 4 is 12.1 Å². The molecule has 0 aromatic carbocycles. The second-order valence-corrected chi connectivity index (χ2v) is 7.04. The number of carboxylic acid groups (broad SMARTS) is 1. The van der Waals surface area contributed by atoms with Crippen LogP contribution in [0.5, 0.6) is 0 Å². The van der Waals surface area contributed by atoms with Crippen LogP contribution < -0.4 is 0 Å². The molecule has 2 aliphatic rings. The maximum Gasteiger partial charge on any atom is 0.410 e. The first-order valence-corrected chi connectivity index (χ1v) is 7.83. The second kappa shape index (κ2) is 6.55. The van der Waals surface area contributed by atoms with Crippen LogP contribution in [0.2, 0.25) is 0 Å². The quantitative estimate of drug-likeness (QED) is 0.850. The van der Waals surface area contributed by atoms with E-state index in [0.717, 1.165) is 18.4 Å². The van der Waals surface area contributed by atoms with Gasteiger partial charge in [0.25, 0.3) is 0 Å². The first kappa shape index (κ1) is 16.6. The maximum atomic E-state index is 12.3. The Labute approximate surface area is 131 Å². The van der Waals surface area contributed by atoms with E-state index in [0.29, 0.717) is 13.0 Å². The van der Waals surface area contributed by atoms with Gasteiger partial charge in [0, 0.05) is 19.0 Å². The van der Waals surface area contributed by atoms with Crippen LogP contribution in [0.25, 0.3) is 0 Å². The molecular weight excluding hydrogens is 282 g/mol. The molecule has 0 aromatic heterocycles. The van der Waals surface area contributed by atoms with Gasteiger partial charge in [-0.05, 0) is 45.6 Å². The number of amides is 1. The van der Waals surface area contributed by atoms with Gasteiger partial charge in [0.05, 0.1) is 5.92 Å². The predicted octanol–water partition coefficient (Wildman–Crippen LogP) is 3.22. The van der Waals surface area contributed by atoms with Crippen molar-refractivity contribution in [3.05, 3.63) is 23.8 Å². The molecule has 122 valence electrons. The molecule has 2 unspecified atom stereocenters. The van der Waals surface area contributed by atoms with Crippen molar-refractivity contribution in [2.24, 2.45) is 11.8 Å². The summed E-state index contributed by atoms with van der Waals surface area (Å²) < 4.78 is 5.40. The highest BCUT2D eigenvalue weighted by Crippen LogP contribution is 2.31. The fourth-order valence-electron chi connectivity index (χ4n) is 2.93. The molecule has 0 spiro atoms. The first-order valence-electron chi connectivity index (χ1n) is 7.83. The summed E-state index contributed by atoms with van der Waals surface area (Å²) in [6.45, 7) is 6.18. The van der Waals surface area contributed by atoms with Gasteiger partial charge in [-0.3, -0.25) is 4.79 Å². The van der Waals surface area contributed by atoms with Crippen LogP contribution in [-0.2, 0) is 9.53 Å². The van der Waals surface area contributed by atoms with Crippen LogP contribution in [0, 0.1) is 11.8 Å². The number of carbonyl (C=O) groups excluding carboxylic acids is 1. The molecule has 22 heavy (non-hydrogen) atoms. The Morgan fingerprint density at radius 1 is 1.27 bits per heavy atom. The molecule has 5 heteroatoms. The number of piperidine rings is 1. The smallest absolute Gasteiger partial charge is 0.410 e. The summed E-state index contributed by atoms with van der Waals surface area (Å²) >= 11 is 0. The third kappa shape index (κ3) is 4.36. The number of likely N-dealkylation sites (tertiary alicyclic amines) is 1. The number of aliphatic carboxylic acids is 1. The third-order valence-electron chi connectivity index (χ3n) is 3.95. The first-order chi connectivity index (χ1) is 10.3. The Hall–Kier alpha value is -1.78. The van der Waals surface area contributed by atoms with Crippen molar-refractivity contribution in [2.75, 3.05) is 13.1 Å². The molecular formula is C17H25NO4. The Morgan fingerprint density at radius 2 is 2.00 bits per heavy atom. The summed E-state index contributed by atoms with van der Waals surface area (Å²) in [5.41, 5.74) is 0.568. The van der Waals surface area contributed by atoms with Crippen LogP contribution in [0.3, 0.4) is 0 Å². The van der Waals surface area contributed by atoms with Gasteiger partial charge >= 0.3 is 12.1 Å². The molecule has 1 aliphatic heterocycles. The minimum absolute atomic E-state index is 0.0684. The minimum Gasteiger partial charge on any atom is -0.481 e. The van der Waals surface area contributed by atoms with Gasteiger partial charge in [-0.2, -0.15) is 0 Å². The number of carboxylic acids is 1. The lowest BCUT2D eigenvalue weighted by atomic mass is 9.82. The van der Waals surface area contributed by atoms with E-state index in [1.54, 1.807) is 4.90 Å². The molecule has 1 amide bonds. The molecule has 1 heterocycles. The summed E-state index contributed by atoms with van der Waals surface area (Å²) in [5, 5.41) is 9.37. The molecule has 0 bridgehead atoms. The average molecular weight is 307 g/mol. The zero-order chi connectivity index (χ0) is 16.3. The van der Waals surface area contributed by atoms with Gasteiger partial charge in [-0.1, -0.05) is 18.2 Å². The zero-order valence-electron chi connectivity index (χ0n) is 13.5. The Balaban J connectivity index is 2.13. The standard InChI is InChI=1S/C17H25NO4/c1-17(2,3)22-16(21)18-10-13(9-14(11-18)15(19)20)12-7-5-4-6-8-12/h5,7-8,13-14H,4,6,9-11H2,1-3H3,(H,19,20). The van der Waals surface area contributed by atoms with E-state index in [1.165, 1.54) is 0 Å². The SMILES string of the molecule is CC(C)(C)OC(=O)N1CC(C(=O)O)CC(C2=CCCC=C2)C1. The fraction of sp³-hybridized carbons (Fsp3) is 0.647. The molecule has 0 saturated carbocycles. The molecule has 1 saturated heterocycles. The van der Waals surface area contributed by atoms with E-state index >= 15 is 0 Å². The minimum atomic E-state index is -0.848. The highest BCUT2D eigenvalue weighted by molar-refractivity contribution is 5.73. The maximum absolute atomic E-state index is 12.3. The van der Waals surface area contributed by atoms with Gasteiger partial charge in [-0.25, -0.2) is 4.79 Å². The highest BCUT2D eigenvalue weighted by atomic mass is 16.6. The third-order valence-corrected chi connectivity index (χ3v) is 3.95. The molecule has 0 aromatic rings. The molecule has 5 nitrogen and oxygen atoms in total. The van der Waals surface area contributed by atoms with E-state index in [9.17, 15) is 14.7 Å². The van der Waals surface area contributed by atoms with Crippen LogP contribution >= 0.6 is 0 Å². The number of hydrogen-bond donors (Lipinski definition) is 1. The van der Waals surface area contributed by atoms with Gasteiger partial charge in [0.1, 0.15) is 5.60 Å². The zero-order valence-corrected chi connectivity index (χ0v) is 13.5. The normalized spacial score (nSPS) is 25.6.